The molecule has 0 unspecified atom stereocenters. The number of alkyl halides is 3. The number of carbonyl (C=O) groups is 2. The fourth-order valence-electron chi connectivity index (χ4n) is 3.44. The summed E-state index contributed by atoms with van der Waals surface area (Å²) < 4.78 is 65.2. The molecule has 0 aliphatic rings. The Hall–Kier alpha value is -3.08. The van der Waals surface area contributed by atoms with E-state index in [0.717, 1.165) is 29.5 Å². The van der Waals surface area contributed by atoms with Crippen molar-refractivity contribution in [3.63, 3.8) is 0 Å². The number of rotatable bonds is 10. The summed E-state index contributed by atoms with van der Waals surface area (Å²) in [7, 11) is -4.13. The van der Waals surface area contributed by atoms with Crippen LogP contribution in [0.3, 0.4) is 0 Å². The summed E-state index contributed by atoms with van der Waals surface area (Å²) in [6.45, 7) is 4.91. The molecular weight excluding hydrogens is 483 g/mol. The maximum absolute atomic E-state index is 13.4. The van der Waals surface area contributed by atoms with E-state index in [9.17, 15) is 31.2 Å². The normalized spacial score (nSPS) is 12.7. The second-order valence-corrected chi connectivity index (χ2v) is 10.2. The van der Waals surface area contributed by atoms with Gasteiger partial charge in [-0.15, -0.1) is 0 Å². The second kappa shape index (κ2) is 11.6. The Balaban J connectivity index is 2.43. The lowest BCUT2D eigenvalue weighted by atomic mass is 10.1. The van der Waals surface area contributed by atoms with Crippen molar-refractivity contribution in [1.29, 1.82) is 0 Å². The van der Waals surface area contributed by atoms with Crippen LogP contribution in [0.2, 0.25) is 0 Å². The summed E-state index contributed by atoms with van der Waals surface area (Å²) in [5, 5.41) is 2.71. The van der Waals surface area contributed by atoms with Crippen molar-refractivity contribution in [2.75, 3.05) is 23.7 Å². The van der Waals surface area contributed by atoms with Crippen molar-refractivity contribution in [2.45, 2.75) is 46.0 Å². The zero-order valence-electron chi connectivity index (χ0n) is 20.1. The van der Waals surface area contributed by atoms with E-state index in [-0.39, 0.29) is 12.2 Å². The average Bonchev–Trinajstić information content (AvgIpc) is 2.77. The number of sulfonamides is 1. The van der Waals surface area contributed by atoms with Crippen LogP contribution in [-0.2, 0) is 32.3 Å². The van der Waals surface area contributed by atoms with Gasteiger partial charge >= 0.3 is 6.18 Å². The van der Waals surface area contributed by atoms with Gasteiger partial charge in [-0.25, -0.2) is 8.42 Å². The molecule has 0 aliphatic carbocycles. The molecule has 1 atom stereocenters. The minimum absolute atomic E-state index is 0.0153. The molecule has 2 amide bonds. The van der Waals surface area contributed by atoms with Crippen LogP contribution in [0, 0.1) is 6.92 Å². The smallest absolute Gasteiger partial charge is 0.354 e. The van der Waals surface area contributed by atoms with Gasteiger partial charge in [-0.2, -0.15) is 13.2 Å². The van der Waals surface area contributed by atoms with Crippen molar-refractivity contribution in [3.05, 3.63) is 65.2 Å². The van der Waals surface area contributed by atoms with Gasteiger partial charge in [0.2, 0.25) is 21.8 Å². The van der Waals surface area contributed by atoms with Crippen molar-refractivity contribution in [1.82, 2.24) is 10.2 Å². The number of aryl methyl sites for hydroxylation is 1. The van der Waals surface area contributed by atoms with E-state index in [4.69, 9.17) is 0 Å². The Labute approximate surface area is 204 Å². The molecule has 1 N–H and O–H groups in total. The van der Waals surface area contributed by atoms with Crippen LogP contribution in [0.5, 0.6) is 0 Å². The third-order valence-corrected chi connectivity index (χ3v) is 6.43. The maximum atomic E-state index is 13.4. The molecule has 0 aliphatic heterocycles. The number of nitrogens with zero attached hydrogens (tertiary/aromatic N) is 2. The molecule has 0 bridgehead atoms. The third-order valence-electron chi connectivity index (χ3n) is 5.29. The van der Waals surface area contributed by atoms with E-state index in [1.54, 1.807) is 12.1 Å². The molecule has 35 heavy (non-hydrogen) atoms. The van der Waals surface area contributed by atoms with Crippen molar-refractivity contribution in [3.8, 4) is 0 Å². The van der Waals surface area contributed by atoms with Crippen LogP contribution in [-0.4, -0.2) is 50.5 Å². The highest BCUT2D eigenvalue weighted by molar-refractivity contribution is 7.92. The summed E-state index contributed by atoms with van der Waals surface area (Å²) in [5.74, 6) is -1.15. The summed E-state index contributed by atoms with van der Waals surface area (Å²) in [4.78, 5) is 27.3. The number of nitrogens with one attached hydrogen (secondary N) is 1. The first-order valence-electron chi connectivity index (χ1n) is 11.0. The first kappa shape index (κ1) is 28.2. The number of benzene rings is 2. The fraction of sp³-hybridized carbons (Fsp3) is 0.417. The minimum atomic E-state index is -4.69. The lowest BCUT2D eigenvalue weighted by molar-refractivity contribution is -0.139. The molecule has 0 heterocycles. The quantitative estimate of drug-likeness (QED) is 0.525. The zero-order valence-corrected chi connectivity index (χ0v) is 20.9. The first-order chi connectivity index (χ1) is 16.2. The van der Waals surface area contributed by atoms with Gasteiger partial charge < -0.3 is 10.2 Å². The molecule has 2 rings (SSSR count). The molecule has 0 saturated carbocycles. The topological polar surface area (TPSA) is 86.8 Å². The zero-order chi connectivity index (χ0) is 26.4. The van der Waals surface area contributed by atoms with Gasteiger partial charge in [0, 0.05) is 13.1 Å². The van der Waals surface area contributed by atoms with E-state index in [2.05, 4.69) is 5.32 Å². The Kier molecular flexibility index (Phi) is 9.31. The summed E-state index contributed by atoms with van der Waals surface area (Å²) in [5.41, 5.74) is 0.312. The van der Waals surface area contributed by atoms with Crippen LogP contribution in [0.4, 0.5) is 18.9 Å². The number of carbonyl (C=O) groups excluding carboxylic acids is 2. The predicted molar refractivity (Wildman–Crippen MR) is 128 cm³/mol. The highest BCUT2D eigenvalue weighted by Gasteiger charge is 2.33. The first-order valence-corrected chi connectivity index (χ1v) is 12.9. The van der Waals surface area contributed by atoms with Crippen LogP contribution >= 0.6 is 0 Å². The van der Waals surface area contributed by atoms with Gasteiger partial charge in [0.05, 0.1) is 17.5 Å². The van der Waals surface area contributed by atoms with Crippen LogP contribution in [0.15, 0.2) is 48.5 Å². The monoisotopic (exact) mass is 513 g/mol. The Bertz CT molecular complexity index is 1150. The van der Waals surface area contributed by atoms with Crippen LogP contribution in [0.25, 0.3) is 0 Å². The van der Waals surface area contributed by atoms with Gasteiger partial charge in [-0.05, 0) is 44.0 Å². The van der Waals surface area contributed by atoms with Crippen molar-refractivity contribution in [2.24, 2.45) is 0 Å². The molecule has 2 aromatic carbocycles. The molecule has 0 aromatic heterocycles. The number of halogens is 3. The highest BCUT2D eigenvalue weighted by Crippen LogP contribution is 2.32. The van der Waals surface area contributed by atoms with Gasteiger partial charge in [0.15, 0.2) is 0 Å². The van der Waals surface area contributed by atoms with E-state index in [0.29, 0.717) is 23.3 Å². The third kappa shape index (κ3) is 7.98. The number of anilines is 1. The molecule has 11 heteroatoms. The molecular formula is C24H30F3N3O4S. The largest absolute Gasteiger partial charge is 0.416 e. The van der Waals surface area contributed by atoms with Gasteiger partial charge in [0.1, 0.15) is 12.6 Å². The molecule has 7 nitrogen and oxygen atoms in total. The molecule has 0 saturated heterocycles. The van der Waals surface area contributed by atoms with Crippen LogP contribution < -0.4 is 9.62 Å². The lowest BCUT2D eigenvalue weighted by Gasteiger charge is -2.31. The van der Waals surface area contributed by atoms with Crippen molar-refractivity contribution < 1.29 is 31.2 Å². The summed E-state index contributed by atoms with van der Waals surface area (Å²) in [6, 6.07) is 10.1. The SMILES string of the molecule is CCCNC(=O)[C@@H](C)N(Cc1cccc(C)c1)C(=O)CN(c1cccc(C(F)(F)F)c1)S(C)(=O)=O. The van der Waals surface area contributed by atoms with E-state index in [1.807, 2.05) is 26.0 Å². The molecule has 0 spiro atoms. The maximum Gasteiger partial charge on any atom is 0.416 e. The average molecular weight is 514 g/mol. The highest BCUT2D eigenvalue weighted by atomic mass is 32.2. The minimum Gasteiger partial charge on any atom is -0.354 e. The van der Waals surface area contributed by atoms with Gasteiger partial charge in [-0.1, -0.05) is 42.8 Å². The van der Waals surface area contributed by atoms with Gasteiger partial charge in [-0.3, -0.25) is 13.9 Å². The van der Waals surface area contributed by atoms with Crippen LogP contribution in [0.1, 0.15) is 37.0 Å². The Morgan fingerprint density at radius 3 is 2.31 bits per heavy atom. The molecule has 192 valence electrons. The number of amides is 2. The standard InChI is InChI=1S/C24H30F3N3O4S/c1-5-12-28-23(32)18(3)29(15-19-9-6-8-17(2)13-19)22(31)16-30(35(4,33)34)21-11-7-10-20(14-21)24(25,26)27/h6-11,13-14,18H,5,12,15-16H2,1-4H3,(H,28,32)/t18-/m1/s1. The summed E-state index contributed by atoms with van der Waals surface area (Å²) in [6.07, 6.45) is -3.20. The Morgan fingerprint density at radius 1 is 1.09 bits per heavy atom. The molecule has 0 fully saturated rings. The fourth-order valence-corrected chi connectivity index (χ4v) is 4.28. The summed E-state index contributed by atoms with van der Waals surface area (Å²) >= 11 is 0. The van der Waals surface area contributed by atoms with Crippen molar-refractivity contribution >= 4 is 27.5 Å². The van der Waals surface area contributed by atoms with E-state index in [1.165, 1.54) is 17.9 Å². The molecule has 0 radical (unpaired) electrons. The molecule has 2 aromatic rings. The number of hydrogen-bond donors (Lipinski definition) is 1. The Morgan fingerprint density at radius 2 is 1.74 bits per heavy atom. The second-order valence-electron chi connectivity index (χ2n) is 8.30. The number of hydrogen-bond acceptors (Lipinski definition) is 4. The predicted octanol–water partition coefficient (Wildman–Crippen LogP) is 3.72. The van der Waals surface area contributed by atoms with E-state index >= 15 is 0 Å². The van der Waals surface area contributed by atoms with Gasteiger partial charge in [0.25, 0.3) is 0 Å². The lowest BCUT2D eigenvalue weighted by Crippen LogP contribution is -2.51. The van der Waals surface area contributed by atoms with E-state index < -0.39 is 46.2 Å².